The number of anilines is 2. The number of nitrogens with zero attached hydrogens (tertiary/aromatic N) is 2. The van der Waals surface area contributed by atoms with Crippen molar-refractivity contribution in [3.63, 3.8) is 0 Å². The molecule has 2 amide bonds. The first-order chi connectivity index (χ1) is 9.95. The number of amides is 2. The fraction of sp³-hybridized carbons (Fsp3) is 0. The molecule has 2 rings (SSSR count). The zero-order chi connectivity index (χ0) is 15.3. The molecule has 21 heavy (non-hydrogen) atoms. The molecule has 110 valence electrons. The van der Waals surface area contributed by atoms with Crippen molar-refractivity contribution in [3.8, 4) is 0 Å². The van der Waals surface area contributed by atoms with Gasteiger partial charge in [0.15, 0.2) is 5.82 Å². The molecule has 0 aliphatic heterocycles. The molecule has 2 aromatic rings. The fourth-order valence-electron chi connectivity index (χ4n) is 1.37. The lowest BCUT2D eigenvalue weighted by atomic mass is 10.3. The SMILES string of the molecule is NS(=O)(=O)c1ccc(NC(=O)NNc2cnccn2)cc1. The summed E-state index contributed by atoms with van der Waals surface area (Å²) in [6, 6.07) is 4.87. The van der Waals surface area contributed by atoms with E-state index in [-0.39, 0.29) is 4.90 Å². The molecule has 0 aliphatic rings. The molecular formula is C11H12N6O3S. The van der Waals surface area contributed by atoms with Gasteiger partial charge in [0.05, 0.1) is 11.1 Å². The third kappa shape index (κ3) is 4.40. The molecule has 1 aromatic carbocycles. The van der Waals surface area contributed by atoms with Crippen LogP contribution in [0.3, 0.4) is 0 Å². The van der Waals surface area contributed by atoms with E-state index in [2.05, 4.69) is 26.1 Å². The van der Waals surface area contributed by atoms with Crippen molar-refractivity contribution in [2.45, 2.75) is 4.90 Å². The van der Waals surface area contributed by atoms with Crippen LogP contribution < -0.4 is 21.3 Å². The number of hydrazine groups is 1. The number of urea groups is 1. The predicted molar refractivity (Wildman–Crippen MR) is 75.6 cm³/mol. The van der Waals surface area contributed by atoms with Gasteiger partial charge in [-0.15, -0.1) is 0 Å². The minimum atomic E-state index is -3.75. The lowest BCUT2D eigenvalue weighted by Gasteiger charge is -2.09. The van der Waals surface area contributed by atoms with Gasteiger partial charge in [-0.25, -0.2) is 28.8 Å². The summed E-state index contributed by atoms with van der Waals surface area (Å²) in [6.45, 7) is 0. The summed E-state index contributed by atoms with van der Waals surface area (Å²) in [5.41, 5.74) is 5.30. The Hall–Kier alpha value is -2.72. The van der Waals surface area contributed by atoms with Gasteiger partial charge in [0, 0.05) is 18.1 Å². The van der Waals surface area contributed by atoms with Crippen LogP contribution >= 0.6 is 0 Å². The van der Waals surface area contributed by atoms with E-state index in [0.29, 0.717) is 11.5 Å². The van der Waals surface area contributed by atoms with Crippen molar-refractivity contribution >= 4 is 27.6 Å². The number of carbonyl (C=O) groups is 1. The number of carbonyl (C=O) groups excluding carboxylic acids is 1. The molecule has 0 spiro atoms. The van der Waals surface area contributed by atoms with Crippen LogP contribution in [-0.2, 0) is 10.0 Å². The number of hydrogen-bond donors (Lipinski definition) is 4. The van der Waals surface area contributed by atoms with Crippen LogP contribution in [0.2, 0.25) is 0 Å². The van der Waals surface area contributed by atoms with Gasteiger partial charge in [0.25, 0.3) is 0 Å². The molecule has 5 N–H and O–H groups in total. The van der Waals surface area contributed by atoms with Gasteiger partial charge in [-0.05, 0) is 24.3 Å². The summed E-state index contributed by atoms with van der Waals surface area (Å²) >= 11 is 0. The second-order valence-electron chi connectivity index (χ2n) is 3.86. The number of benzene rings is 1. The first-order valence-corrected chi connectivity index (χ1v) is 7.22. The van der Waals surface area contributed by atoms with E-state index in [1.54, 1.807) is 0 Å². The van der Waals surface area contributed by atoms with Crippen LogP contribution in [0.25, 0.3) is 0 Å². The molecule has 1 heterocycles. The first-order valence-electron chi connectivity index (χ1n) is 5.67. The second-order valence-corrected chi connectivity index (χ2v) is 5.43. The molecule has 0 radical (unpaired) electrons. The normalized spacial score (nSPS) is 10.7. The number of nitrogens with one attached hydrogen (secondary N) is 3. The quantitative estimate of drug-likeness (QED) is 0.598. The number of aromatic nitrogens is 2. The van der Waals surface area contributed by atoms with E-state index in [0.717, 1.165) is 0 Å². The number of rotatable bonds is 4. The van der Waals surface area contributed by atoms with Gasteiger partial charge >= 0.3 is 6.03 Å². The molecule has 0 aliphatic carbocycles. The summed E-state index contributed by atoms with van der Waals surface area (Å²) in [5.74, 6) is 0.372. The number of hydrogen-bond acceptors (Lipinski definition) is 6. The Morgan fingerprint density at radius 1 is 1.14 bits per heavy atom. The summed E-state index contributed by atoms with van der Waals surface area (Å²) in [4.78, 5) is 19.3. The van der Waals surface area contributed by atoms with Gasteiger partial charge in [-0.1, -0.05) is 0 Å². The van der Waals surface area contributed by atoms with E-state index in [1.807, 2.05) is 0 Å². The summed E-state index contributed by atoms with van der Waals surface area (Å²) in [5, 5.41) is 7.46. The standard InChI is InChI=1S/C11H12N6O3S/c12-21(19,20)9-3-1-8(2-4-9)15-11(18)17-16-10-7-13-5-6-14-10/h1-7H,(H,14,16)(H2,12,19,20)(H2,15,17,18). The monoisotopic (exact) mass is 308 g/mol. The molecule has 10 heteroatoms. The molecule has 1 aromatic heterocycles. The Labute approximate surface area is 120 Å². The molecule has 0 bridgehead atoms. The van der Waals surface area contributed by atoms with Gasteiger partial charge < -0.3 is 5.32 Å². The highest BCUT2D eigenvalue weighted by molar-refractivity contribution is 7.89. The highest BCUT2D eigenvalue weighted by Gasteiger charge is 2.07. The summed E-state index contributed by atoms with van der Waals surface area (Å²) in [7, 11) is -3.75. The zero-order valence-corrected chi connectivity index (χ0v) is 11.5. The Morgan fingerprint density at radius 3 is 2.43 bits per heavy atom. The molecule has 0 unspecified atom stereocenters. The maximum atomic E-state index is 11.6. The summed E-state index contributed by atoms with van der Waals surface area (Å²) < 4.78 is 22.2. The van der Waals surface area contributed by atoms with Gasteiger partial charge in [0.1, 0.15) is 0 Å². The van der Waals surface area contributed by atoms with Gasteiger partial charge in [0.2, 0.25) is 10.0 Å². The van der Waals surface area contributed by atoms with E-state index in [4.69, 9.17) is 5.14 Å². The van der Waals surface area contributed by atoms with E-state index >= 15 is 0 Å². The maximum Gasteiger partial charge on any atom is 0.337 e. The van der Waals surface area contributed by atoms with Crippen molar-refractivity contribution in [3.05, 3.63) is 42.9 Å². The lowest BCUT2D eigenvalue weighted by molar-refractivity contribution is 0.254. The minimum Gasteiger partial charge on any atom is -0.307 e. The molecule has 0 fully saturated rings. The topological polar surface area (TPSA) is 139 Å². The number of nitrogens with two attached hydrogens (primary N) is 1. The maximum absolute atomic E-state index is 11.6. The van der Waals surface area contributed by atoms with Gasteiger partial charge in [-0.3, -0.25) is 10.4 Å². The largest absolute Gasteiger partial charge is 0.337 e. The smallest absolute Gasteiger partial charge is 0.307 e. The van der Waals surface area contributed by atoms with Crippen molar-refractivity contribution in [2.24, 2.45) is 5.14 Å². The second kappa shape index (κ2) is 6.15. The fourth-order valence-corrected chi connectivity index (χ4v) is 1.89. The highest BCUT2D eigenvalue weighted by atomic mass is 32.2. The average Bonchev–Trinajstić information content (AvgIpc) is 2.46. The molecule has 9 nitrogen and oxygen atoms in total. The Morgan fingerprint density at radius 2 is 1.86 bits per heavy atom. The van der Waals surface area contributed by atoms with Crippen molar-refractivity contribution in [2.75, 3.05) is 10.7 Å². The number of primary sulfonamides is 1. The van der Waals surface area contributed by atoms with E-state index in [1.165, 1.54) is 42.9 Å². The van der Waals surface area contributed by atoms with Crippen LogP contribution in [0.4, 0.5) is 16.3 Å². The van der Waals surface area contributed by atoms with Crippen LogP contribution in [-0.4, -0.2) is 24.4 Å². The van der Waals surface area contributed by atoms with E-state index < -0.39 is 16.1 Å². The minimum absolute atomic E-state index is 0.0360. The lowest BCUT2D eigenvalue weighted by Crippen LogP contribution is -2.33. The molecule has 0 saturated heterocycles. The van der Waals surface area contributed by atoms with Crippen molar-refractivity contribution in [1.82, 2.24) is 15.4 Å². The van der Waals surface area contributed by atoms with Crippen LogP contribution in [0, 0.1) is 0 Å². The average molecular weight is 308 g/mol. The van der Waals surface area contributed by atoms with Gasteiger partial charge in [-0.2, -0.15) is 0 Å². The molecular weight excluding hydrogens is 296 g/mol. The van der Waals surface area contributed by atoms with E-state index in [9.17, 15) is 13.2 Å². The predicted octanol–water partition coefficient (Wildman–Crippen LogP) is 0.273. The Bertz CT molecular complexity index is 717. The number of sulfonamides is 1. The third-order valence-electron chi connectivity index (χ3n) is 2.31. The third-order valence-corrected chi connectivity index (χ3v) is 3.24. The zero-order valence-electron chi connectivity index (χ0n) is 10.6. The Balaban J connectivity index is 1.91. The molecule has 0 saturated carbocycles. The highest BCUT2D eigenvalue weighted by Crippen LogP contribution is 2.12. The summed E-state index contributed by atoms with van der Waals surface area (Å²) in [6.07, 6.45) is 4.40. The van der Waals surface area contributed by atoms with Crippen LogP contribution in [0.1, 0.15) is 0 Å². The van der Waals surface area contributed by atoms with Crippen LogP contribution in [0.15, 0.2) is 47.8 Å². The molecule has 0 atom stereocenters. The first kappa shape index (κ1) is 14.7. The Kier molecular flexibility index (Phi) is 4.30. The van der Waals surface area contributed by atoms with Crippen LogP contribution in [0.5, 0.6) is 0 Å². The van der Waals surface area contributed by atoms with Crippen molar-refractivity contribution in [1.29, 1.82) is 0 Å². The van der Waals surface area contributed by atoms with Crippen molar-refractivity contribution < 1.29 is 13.2 Å².